The molecule has 1 aliphatic carbocycles. The van der Waals surface area contributed by atoms with Crippen LogP contribution < -0.4 is 10.6 Å². The van der Waals surface area contributed by atoms with E-state index in [0.717, 1.165) is 32.1 Å². The van der Waals surface area contributed by atoms with Crippen LogP contribution in [0.5, 0.6) is 0 Å². The SMILES string of the molecule is C[C@@H](OC(=O)[C@@H]1CCCN1C(=O)OC(C)(C)C)C(=O)NC(=O)NC1CCCCC1. The Morgan fingerprint density at radius 1 is 1.00 bits per heavy atom. The lowest BCUT2D eigenvalue weighted by Gasteiger charge is -2.28. The largest absolute Gasteiger partial charge is 0.451 e. The monoisotopic (exact) mass is 411 g/mol. The van der Waals surface area contributed by atoms with Gasteiger partial charge in [0.15, 0.2) is 6.10 Å². The van der Waals surface area contributed by atoms with Crippen molar-refractivity contribution in [3.8, 4) is 0 Å². The van der Waals surface area contributed by atoms with Gasteiger partial charge in [-0.2, -0.15) is 0 Å². The van der Waals surface area contributed by atoms with Crippen molar-refractivity contribution in [2.24, 2.45) is 0 Å². The molecule has 164 valence electrons. The minimum Gasteiger partial charge on any atom is -0.451 e. The molecular weight excluding hydrogens is 378 g/mol. The number of rotatable bonds is 4. The van der Waals surface area contributed by atoms with Crippen molar-refractivity contribution in [3.05, 3.63) is 0 Å². The Kier molecular flexibility index (Phi) is 7.87. The van der Waals surface area contributed by atoms with Crippen LogP contribution in [-0.2, 0) is 19.1 Å². The highest BCUT2D eigenvalue weighted by molar-refractivity contribution is 5.97. The van der Waals surface area contributed by atoms with Gasteiger partial charge in [0.2, 0.25) is 0 Å². The fourth-order valence-electron chi connectivity index (χ4n) is 3.54. The van der Waals surface area contributed by atoms with Gasteiger partial charge in [0, 0.05) is 12.6 Å². The van der Waals surface area contributed by atoms with Crippen LogP contribution in [0.1, 0.15) is 72.6 Å². The molecule has 0 aromatic carbocycles. The lowest BCUT2D eigenvalue weighted by molar-refractivity contribution is -0.158. The smallest absolute Gasteiger partial charge is 0.411 e. The maximum Gasteiger partial charge on any atom is 0.411 e. The van der Waals surface area contributed by atoms with Crippen molar-refractivity contribution >= 4 is 24.0 Å². The average Bonchev–Trinajstić information content (AvgIpc) is 3.11. The Hall–Kier alpha value is -2.32. The highest BCUT2D eigenvalue weighted by Crippen LogP contribution is 2.22. The molecule has 2 rings (SSSR count). The zero-order valence-corrected chi connectivity index (χ0v) is 17.8. The summed E-state index contributed by atoms with van der Waals surface area (Å²) in [5.41, 5.74) is -0.674. The molecule has 1 saturated heterocycles. The van der Waals surface area contributed by atoms with Crippen LogP contribution in [0, 0.1) is 0 Å². The van der Waals surface area contributed by atoms with Gasteiger partial charge >= 0.3 is 18.1 Å². The van der Waals surface area contributed by atoms with E-state index in [9.17, 15) is 19.2 Å². The number of imide groups is 1. The zero-order chi connectivity index (χ0) is 21.6. The summed E-state index contributed by atoms with van der Waals surface area (Å²) in [7, 11) is 0. The third kappa shape index (κ3) is 7.21. The van der Waals surface area contributed by atoms with Gasteiger partial charge in [-0.05, 0) is 53.4 Å². The second-order valence-electron chi connectivity index (χ2n) is 8.71. The summed E-state index contributed by atoms with van der Waals surface area (Å²) in [5.74, 6) is -1.38. The summed E-state index contributed by atoms with van der Waals surface area (Å²) in [4.78, 5) is 50.3. The maximum absolute atomic E-state index is 12.5. The van der Waals surface area contributed by atoms with Gasteiger partial charge in [0.1, 0.15) is 11.6 Å². The minimum absolute atomic E-state index is 0.0651. The molecule has 1 aliphatic heterocycles. The summed E-state index contributed by atoms with van der Waals surface area (Å²) in [5, 5.41) is 4.99. The van der Waals surface area contributed by atoms with E-state index in [1.54, 1.807) is 20.8 Å². The molecule has 2 fully saturated rings. The summed E-state index contributed by atoms with van der Waals surface area (Å²) < 4.78 is 10.5. The van der Waals surface area contributed by atoms with Crippen LogP contribution in [0.25, 0.3) is 0 Å². The second kappa shape index (κ2) is 9.93. The Balaban J connectivity index is 1.82. The molecule has 0 aromatic rings. The van der Waals surface area contributed by atoms with Crippen LogP contribution >= 0.6 is 0 Å². The fraction of sp³-hybridized carbons (Fsp3) is 0.800. The second-order valence-corrected chi connectivity index (χ2v) is 8.71. The summed E-state index contributed by atoms with van der Waals surface area (Å²) >= 11 is 0. The average molecular weight is 411 g/mol. The summed E-state index contributed by atoms with van der Waals surface area (Å²) in [6.07, 6.45) is 4.42. The van der Waals surface area contributed by atoms with Crippen LogP contribution in [-0.4, -0.2) is 59.2 Å². The topological polar surface area (TPSA) is 114 Å². The fourth-order valence-corrected chi connectivity index (χ4v) is 3.54. The molecular formula is C20H33N3O6. The van der Waals surface area contributed by atoms with Gasteiger partial charge < -0.3 is 14.8 Å². The lowest BCUT2D eigenvalue weighted by Crippen LogP contribution is -2.49. The van der Waals surface area contributed by atoms with E-state index >= 15 is 0 Å². The number of hydrogen-bond acceptors (Lipinski definition) is 6. The summed E-state index contributed by atoms with van der Waals surface area (Å²) in [6.45, 7) is 7.03. The first kappa shape index (κ1) is 23.0. The third-order valence-corrected chi connectivity index (χ3v) is 4.99. The Labute approximate surface area is 171 Å². The number of carbonyl (C=O) groups excluding carboxylic acids is 4. The van der Waals surface area contributed by atoms with E-state index in [4.69, 9.17) is 9.47 Å². The Bertz CT molecular complexity index is 624. The standard InChI is InChI=1S/C20H33N3O6/c1-13(16(24)22-18(26)21-14-9-6-5-7-10-14)28-17(25)15-11-8-12-23(15)19(27)29-20(2,3)4/h13-15H,5-12H2,1-4H3,(H2,21,22,24,26)/t13-,15+/m1/s1. The molecule has 1 saturated carbocycles. The highest BCUT2D eigenvalue weighted by atomic mass is 16.6. The number of nitrogens with one attached hydrogen (secondary N) is 2. The van der Waals surface area contributed by atoms with Crippen LogP contribution in [0.15, 0.2) is 0 Å². The van der Waals surface area contributed by atoms with Crippen LogP contribution in [0.4, 0.5) is 9.59 Å². The van der Waals surface area contributed by atoms with Crippen molar-refractivity contribution in [2.45, 2.75) is 96.4 Å². The Morgan fingerprint density at radius 2 is 1.66 bits per heavy atom. The number of urea groups is 1. The quantitative estimate of drug-likeness (QED) is 0.687. The van der Waals surface area contributed by atoms with Crippen LogP contribution in [0.2, 0.25) is 0 Å². The van der Waals surface area contributed by atoms with E-state index in [1.807, 2.05) is 0 Å². The van der Waals surface area contributed by atoms with Crippen LogP contribution in [0.3, 0.4) is 0 Å². The molecule has 1 heterocycles. The number of nitrogens with zero attached hydrogens (tertiary/aromatic N) is 1. The van der Waals surface area contributed by atoms with Crippen molar-refractivity contribution in [3.63, 3.8) is 0 Å². The highest BCUT2D eigenvalue weighted by Gasteiger charge is 2.38. The number of hydrogen-bond donors (Lipinski definition) is 2. The molecule has 9 heteroatoms. The third-order valence-electron chi connectivity index (χ3n) is 4.99. The number of carbonyl (C=O) groups is 4. The van der Waals surface area contributed by atoms with Gasteiger partial charge in [0.05, 0.1) is 0 Å². The molecule has 0 spiro atoms. The zero-order valence-electron chi connectivity index (χ0n) is 17.8. The van der Waals surface area contributed by atoms with Crippen molar-refractivity contribution < 1.29 is 28.7 Å². The van der Waals surface area contributed by atoms with E-state index in [1.165, 1.54) is 11.8 Å². The molecule has 4 amide bonds. The van der Waals surface area contributed by atoms with E-state index < -0.39 is 41.7 Å². The predicted molar refractivity (Wildman–Crippen MR) is 105 cm³/mol. The first-order valence-electron chi connectivity index (χ1n) is 10.4. The number of likely N-dealkylation sites (tertiary alicyclic amines) is 1. The lowest BCUT2D eigenvalue weighted by atomic mass is 9.96. The van der Waals surface area contributed by atoms with Gasteiger partial charge in [-0.3, -0.25) is 15.0 Å². The van der Waals surface area contributed by atoms with Crippen molar-refractivity contribution in [1.29, 1.82) is 0 Å². The van der Waals surface area contributed by atoms with E-state index in [-0.39, 0.29) is 6.04 Å². The van der Waals surface area contributed by atoms with Crippen molar-refractivity contribution in [1.82, 2.24) is 15.5 Å². The molecule has 0 aromatic heterocycles. The predicted octanol–water partition coefficient (Wildman–Crippen LogP) is 2.48. The molecule has 29 heavy (non-hydrogen) atoms. The van der Waals surface area contributed by atoms with Gasteiger partial charge in [-0.25, -0.2) is 14.4 Å². The van der Waals surface area contributed by atoms with Gasteiger partial charge in [0.25, 0.3) is 5.91 Å². The number of amides is 4. The molecule has 0 radical (unpaired) electrons. The molecule has 0 bridgehead atoms. The van der Waals surface area contributed by atoms with Crippen molar-refractivity contribution in [2.75, 3.05) is 6.54 Å². The number of esters is 1. The van der Waals surface area contributed by atoms with E-state index in [0.29, 0.717) is 19.4 Å². The molecule has 9 nitrogen and oxygen atoms in total. The Morgan fingerprint density at radius 3 is 2.28 bits per heavy atom. The molecule has 2 aliphatic rings. The van der Waals surface area contributed by atoms with Gasteiger partial charge in [-0.15, -0.1) is 0 Å². The normalized spacial score (nSPS) is 21.2. The summed E-state index contributed by atoms with van der Waals surface area (Å²) in [6, 6.07) is -1.31. The number of ether oxygens (including phenoxy) is 2. The molecule has 2 N–H and O–H groups in total. The van der Waals surface area contributed by atoms with E-state index in [2.05, 4.69) is 10.6 Å². The van der Waals surface area contributed by atoms with Gasteiger partial charge in [-0.1, -0.05) is 19.3 Å². The maximum atomic E-state index is 12.5. The molecule has 2 atom stereocenters. The molecule has 0 unspecified atom stereocenters. The minimum atomic E-state index is -1.15. The first-order chi connectivity index (χ1) is 13.6. The first-order valence-corrected chi connectivity index (χ1v) is 10.4.